The number of halogens is 1. The van der Waals surface area contributed by atoms with Gasteiger partial charge in [-0.1, -0.05) is 59.8 Å². The van der Waals surface area contributed by atoms with Gasteiger partial charge in [-0.2, -0.15) is 0 Å². The van der Waals surface area contributed by atoms with Crippen molar-refractivity contribution in [3.8, 4) is 0 Å². The van der Waals surface area contributed by atoms with Gasteiger partial charge in [-0.05, 0) is 24.5 Å². The van der Waals surface area contributed by atoms with Crippen LogP contribution in [0.15, 0.2) is 28.7 Å². The fourth-order valence-corrected chi connectivity index (χ4v) is 4.19. The van der Waals surface area contributed by atoms with E-state index in [2.05, 4.69) is 50.0 Å². The molecule has 1 saturated heterocycles. The van der Waals surface area contributed by atoms with Crippen LogP contribution in [0.2, 0.25) is 0 Å². The number of carboxylic acid groups (broad SMARTS) is 2. The summed E-state index contributed by atoms with van der Waals surface area (Å²) in [5.41, 5.74) is 1.42. The molecule has 0 spiro atoms. The van der Waals surface area contributed by atoms with Gasteiger partial charge in [-0.15, -0.1) is 0 Å². The third-order valence-corrected chi connectivity index (χ3v) is 6.06. The average molecular weight is 441 g/mol. The van der Waals surface area contributed by atoms with Crippen LogP contribution in [-0.2, 0) is 16.1 Å². The lowest BCUT2D eigenvalue weighted by Gasteiger charge is -2.39. The van der Waals surface area contributed by atoms with Gasteiger partial charge in [0, 0.05) is 43.2 Å². The maximum Gasteiger partial charge on any atom is 0.414 e. The van der Waals surface area contributed by atoms with E-state index in [1.165, 1.54) is 74.7 Å². The van der Waals surface area contributed by atoms with Crippen LogP contribution >= 0.6 is 15.9 Å². The second-order valence-corrected chi connectivity index (χ2v) is 8.01. The fraction of sp³-hybridized carbons (Fsp3) is 0.600. The fourth-order valence-electron chi connectivity index (χ4n) is 3.78. The van der Waals surface area contributed by atoms with Crippen LogP contribution < -0.4 is 0 Å². The minimum atomic E-state index is -1.82. The molecule has 1 aromatic rings. The predicted octanol–water partition coefficient (Wildman–Crippen LogP) is 3.45. The second-order valence-electron chi connectivity index (χ2n) is 7.16. The van der Waals surface area contributed by atoms with Crippen LogP contribution in [0.4, 0.5) is 0 Å². The number of benzene rings is 1. The van der Waals surface area contributed by atoms with Crippen molar-refractivity contribution in [1.29, 1.82) is 0 Å². The molecule has 1 saturated carbocycles. The van der Waals surface area contributed by atoms with Gasteiger partial charge in [-0.3, -0.25) is 9.80 Å². The summed E-state index contributed by atoms with van der Waals surface area (Å²) in [7, 11) is 0. The Morgan fingerprint density at radius 1 is 0.926 bits per heavy atom. The highest BCUT2D eigenvalue weighted by Crippen LogP contribution is 2.24. The van der Waals surface area contributed by atoms with E-state index in [1.54, 1.807) is 0 Å². The number of carbonyl (C=O) groups is 2. The summed E-state index contributed by atoms with van der Waals surface area (Å²) >= 11 is 3.67. The molecule has 0 unspecified atom stereocenters. The highest BCUT2D eigenvalue weighted by molar-refractivity contribution is 9.10. The maximum absolute atomic E-state index is 9.10. The van der Waals surface area contributed by atoms with Gasteiger partial charge in [0.2, 0.25) is 0 Å². The molecule has 1 aliphatic carbocycles. The Labute approximate surface area is 169 Å². The number of hydrogen-bond acceptors (Lipinski definition) is 4. The summed E-state index contributed by atoms with van der Waals surface area (Å²) in [6.07, 6.45) is 8.68. The number of rotatable bonds is 3. The van der Waals surface area contributed by atoms with Crippen molar-refractivity contribution < 1.29 is 19.8 Å². The van der Waals surface area contributed by atoms with Crippen LogP contribution in [0, 0.1) is 0 Å². The van der Waals surface area contributed by atoms with E-state index < -0.39 is 11.9 Å². The zero-order valence-corrected chi connectivity index (χ0v) is 17.2. The van der Waals surface area contributed by atoms with Crippen LogP contribution in [0.5, 0.6) is 0 Å². The average Bonchev–Trinajstić information content (AvgIpc) is 2.94. The number of piperazine rings is 1. The lowest BCUT2D eigenvalue weighted by Crippen LogP contribution is -2.49. The summed E-state index contributed by atoms with van der Waals surface area (Å²) < 4.78 is 1.25. The van der Waals surface area contributed by atoms with Crippen LogP contribution in [0.1, 0.15) is 44.1 Å². The van der Waals surface area contributed by atoms with Crippen molar-refractivity contribution in [2.24, 2.45) is 0 Å². The van der Waals surface area contributed by atoms with E-state index in [-0.39, 0.29) is 0 Å². The molecule has 1 aromatic carbocycles. The number of nitrogens with zero attached hydrogens (tertiary/aromatic N) is 2. The van der Waals surface area contributed by atoms with Crippen molar-refractivity contribution in [3.63, 3.8) is 0 Å². The van der Waals surface area contributed by atoms with E-state index in [9.17, 15) is 0 Å². The van der Waals surface area contributed by atoms with Crippen molar-refractivity contribution in [1.82, 2.24) is 9.80 Å². The van der Waals surface area contributed by atoms with E-state index in [4.69, 9.17) is 19.8 Å². The van der Waals surface area contributed by atoms with Gasteiger partial charge in [0.05, 0.1) is 0 Å². The summed E-state index contributed by atoms with van der Waals surface area (Å²) in [4.78, 5) is 23.6. The molecule has 2 fully saturated rings. The van der Waals surface area contributed by atoms with Crippen molar-refractivity contribution in [3.05, 3.63) is 34.3 Å². The standard InChI is InChI=1S/C18H27BrN2.C2H2O4/c19-18-10-6-5-7-16(18)15-20-11-13-21(14-12-20)17-8-3-1-2-4-9-17;3-1(4)2(5)6/h5-7,10,17H,1-4,8-9,11-15H2;(H,3,4)(H,5,6). The Bertz CT molecular complexity index is 598. The Morgan fingerprint density at radius 3 is 2.00 bits per heavy atom. The molecular formula is C20H29BrN2O4. The molecule has 150 valence electrons. The summed E-state index contributed by atoms with van der Waals surface area (Å²) in [5, 5.41) is 14.8. The van der Waals surface area contributed by atoms with E-state index in [0.29, 0.717) is 0 Å². The highest BCUT2D eigenvalue weighted by atomic mass is 79.9. The second kappa shape index (κ2) is 11.4. The molecule has 0 amide bonds. The van der Waals surface area contributed by atoms with E-state index in [1.807, 2.05) is 0 Å². The molecule has 27 heavy (non-hydrogen) atoms. The van der Waals surface area contributed by atoms with Crippen LogP contribution in [-0.4, -0.2) is 64.2 Å². The highest BCUT2D eigenvalue weighted by Gasteiger charge is 2.24. The minimum Gasteiger partial charge on any atom is -0.473 e. The smallest absolute Gasteiger partial charge is 0.414 e. The van der Waals surface area contributed by atoms with Gasteiger partial charge in [0.15, 0.2) is 0 Å². The molecule has 1 heterocycles. The monoisotopic (exact) mass is 440 g/mol. The predicted molar refractivity (Wildman–Crippen MR) is 108 cm³/mol. The van der Waals surface area contributed by atoms with Gasteiger partial charge in [0.1, 0.15) is 0 Å². The molecule has 2 aliphatic rings. The molecule has 6 nitrogen and oxygen atoms in total. The van der Waals surface area contributed by atoms with Gasteiger partial charge in [0.25, 0.3) is 0 Å². The van der Waals surface area contributed by atoms with Crippen LogP contribution in [0.25, 0.3) is 0 Å². The zero-order valence-electron chi connectivity index (χ0n) is 15.6. The molecule has 2 N–H and O–H groups in total. The van der Waals surface area contributed by atoms with Crippen molar-refractivity contribution in [2.75, 3.05) is 26.2 Å². The lowest BCUT2D eigenvalue weighted by molar-refractivity contribution is -0.159. The largest absolute Gasteiger partial charge is 0.473 e. The first-order valence-corrected chi connectivity index (χ1v) is 10.4. The third kappa shape index (κ3) is 7.60. The lowest BCUT2D eigenvalue weighted by atomic mass is 10.1. The van der Waals surface area contributed by atoms with Crippen molar-refractivity contribution >= 4 is 27.9 Å². The van der Waals surface area contributed by atoms with Gasteiger partial charge >= 0.3 is 11.9 Å². The summed E-state index contributed by atoms with van der Waals surface area (Å²) in [5.74, 6) is -3.65. The third-order valence-electron chi connectivity index (χ3n) is 5.28. The molecule has 1 aliphatic heterocycles. The Hall–Kier alpha value is -1.44. The molecular weight excluding hydrogens is 412 g/mol. The number of hydrogen-bond donors (Lipinski definition) is 2. The molecule has 0 radical (unpaired) electrons. The normalized spacial score (nSPS) is 19.6. The first kappa shape index (κ1) is 21.9. The van der Waals surface area contributed by atoms with Gasteiger partial charge in [-0.25, -0.2) is 9.59 Å². The zero-order chi connectivity index (χ0) is 19.6. The van der Waals surface area contributed by atoms with E-state index in [0.717, 1.165) is 12.6 Å². The summed E-state index contributed by atoms with van der Waals surface area (Å²) in [6.45, 7) is 6.04. The first-order chi connectivity index (χ1) is 13.0. The topological polar surface area (TPSA) is 81.1 Å². The minimum absolute atomic E-state index is 0.873. The molecule has 7 heteroatoms. The SMILES string of the molecule is Brc1ccccc1CN1CCN(C2CCCCCC2)CC1.O=C(O)C(=O)O. The van der Waals surface area contributed by atoms with Crippen LogP contribution in [0.3, 0.4) is 0 Å². The maximum atomic E-state index is 9.10. The quantitative estimate of drug-likeness (QED) is 0.553. The Morgan fingerprint density at radius 2 is 1.48 bits per heavy atom. The van der Waals surface area contributed by atoms with Gasteiger partial charge < -0.3 is 10.2 Å². The molecule has 0 aromatic heterocycles. The molecule has 3 rings (SSSR count). The molecule has 0 bridgehead atoms. The number of aliphatic carboxylic acids is 2. The molecule has 0 atom stereocenters. The summed E-state index contributed by atoms with van der Waals surface area (Å²) in [6, 6.07) is 9.50. The number of carboxylic acids is 2. The Kier molecular flexibility index (Phi) is 9.24. The van der Waals surface area contributed by atoms with E-state index >= 15 is 0 Å². The first-order valence-electron chi connectivity index (χ1n) is 9.63. The Balaban J connectivity index is 0.000000380. The van der Waals surface area contributed by atoms with Crippen molar-refractivity contribution in [2.45, 2.75) is 51.1 Å².